The van der Waals surface area contributed by atoms with E-state index in [4.69, 9.17) is 0 Å². The summed E-state index contributed by atoms with van der Waals surface area (Å²) in [6, 6.07) is 7.99. The van der Waals surface area contributed by atoms with Gasteiger partial charge in [-0.2, -0.15) is 0 Å². The second-order valence-corrected chi connectivity index (χ2v) is 6.13. The summed E-state index contributed by atoms with van der Waals surface area (Å²) in [6.07, 6.45) is 4.51. The molecule has 1 aromatic rings. The summed E-state index contributed by atoms with van der Waals surface area (Å²) >= 11 is 0. The van der Waals surface area contributed by atoms with Gasteiger partial charge in [0.25, 0.3) is 0 Å². The number of hydrogen-bond donors (Lipinski definition) is 2. The molecule has 0 atom stereocenters. The maximum atomic E-state index is 12.3. The molecule has 1 fully saturated rings. The molecule has 1 aromatic carbocycles. The van der Waals surface area contributed by atoms with E-state index in [2.05, 4.69) is 16.7 Å². The Morgan fingerprint density at radius 1 is 1.17 bits per heavy atom. The second kappa shape index (κ2) is 8.31. The van der Waals surface area contributed by atoms with Crippen molar-refractivity contribution in [2.75, 3.05) is 31.1 Å². The summed E-state index contributed by atoms with van der Waals surface area (Å²) in [5.74, 6) is 0.598. The lowest BCUT2D eigenvalue weighted by Crippen LogP contribution is -2.44. The van der Waals surface area contributed by atoms with Gasteiger partial charge in [-0.05, 0) is 49.8 Å². The average molecular weight is 338 g/mol. The van der Waals surface area contributed by atoms with Gasteiger partial charge in [0.2, 0.25) is 11.8 Å². The van der Waals surface area contributed by atoms with Crippen LogP contribution >= 0.6 is 12.4 Å². The Morgan fingerprint density at radius 3 is 2.74 bits per heavy atom. The fraction of sp³-hybridized carbons (Fsp3) is 0.529. The number of anilines is 1. The Labute approximate surface area is 143 Å². The van der Waals surface area contributed by atoms with Crippen LogP contribution in [0.3, 0.4) is 0 Å². The van der Waals surface area contributed by atoms with E-state index in [0.29, 0.717) is 6.54 Å². The first kappa shape index (κ1) is 17.8. The van der Waals surface area contributed by atoms with Crippen LogP contribution in [-0.4, -0.2) is 38.0 Å². The first-order valence-electron chi connectivity index (χ1n) is 8.10. The van der Waals surface area contributed by atoms with Crippen molar-refractivity contribution in [2.45, 2.75) is 25.7 Å². The summed E-state index contributed by atoms with van der Waals surface area (Å²) in [4.78, 5) is 25.9. The maximum Gasteiger partial charge on any atom is 0.246 e. The number of para-hydroxylation sites is 1. The molecule has 2 amide bonds. The number of benzene rings is 1. The zero-order chi connectivity index (χ0) is 15.4. The number of hydrogen-bond acceptors (Lipinski definition) is 3. The number of nitrogens with one attached hydrogen (secondary N) is 2. The van der Waals surface area contributed by atoms with E-state index >= 15 is 0 Å². The van der Waals surface area contributed by atoms with E-state index in [9.17, 15) is 9.59 Å². The van der Waals surface area contributed by atoms with E-state index in [1.54, 1.807) is 4.90 Å². The molecule has 0 unspecified atom stereocenters. The Kier molecular flexibility index (Phi) is 6.42. The van der Waals surface area contributed by atoms with Crippen molar-refractivity contribution in [1.29, 1.82) is 0 Å². The van der Waals surface area contributed by atoms with Gasteiger partial charge in [-0.3, -0.25) is 9.59 Å². The zero-order valence-electron chi connectivity index (χ0n) is 13.2. The van der Waals surface area contributed by atoms with Crippen LogP contribution in [0, 0.1) is 5.92 Å². The number of halogens is 1. The van der Waals surface area contributed by atoms with E-state index in [1.807, 2.05) is 18.2 Å². The first-order chi connectivity index (χ1) is 10.7. The van der Waals surface area contributed by atoms with Crippen LogP contribution in [0.15, 0.2) is 24.3 Å². The fourth-order valence-corrected chi connectivity index (χ4v) is 2.84. The Hall–Kier alpha value is -1.59. The van der Waals surface area contributed by atoms with Crippen molar-refractivity contribution < 1.29 is 9.59 Å². The van der Waals surface area contributed by atoms with Crippen LogP contribution in [0.25, 0.3) is 0 Å². The van der Waals surface area contributed by atoms with Gasteiger partial charge in [0, 0.05) is 12.2 Å². The third kappa shape index (κ3) is 4.94. The minimum atomic E-state index is -0.112. The van der Waals surface area contributed by atoms with Crippen molar-refractivity contribution in [2.24, 2.45) is 5.92 Å². The molecule has 5 nitrogen and oxygen atoms in total. The molecular formula is C17H24ClN3O2. The summed E-state index contributed by atoms with van der Waals surface area (Å²) in [5, 5.41) is 5.84. The van der Waals surface area contributed by atoms with E-state index in [-0.39, 0.29) is 30.8 Å². The molecule has 2 aliphatic rings. The average Bonchev–Trinajstić information content (AvgIpc) is 3.36. The van der Waals surface area contributed by atoms with Gasteiger partial charge in [0.15, 0.2) is 0 Å². The van der Waals surface area contributed by atoms with Crippen LogP contribution in [0.5, 0.6) is 0 Å². The number of rotatable bonds is 6. The SMILES string of the molecule is Cl.O=C(CNCC1CC1)NCC(=O)N1CCCc2ccccc21. The Morgan fingerprint density at radius 2 is 1.96 bits per heavy atom. The molecule has 1 heterocycles. The number of nitrogens with zero attached hydrogens (tertiary/aromatic N) is 1. The normalized spacial score (nSPS) is 16.3. The number of fused-ring (bicyclic) bond motifs is 1. The molecular weight excluding hydrogens is 314 g/mol. The van der Waals surface area contributed by atoms with Crippen molar-refractivity contribution in [3.05, 3.63) is 29.8 Å². The van der Waals surface area contributed by atoms with Crippen LogP contribution in [0.4, 0.5) is 5.69 Å². The molecule has 0 spiro atoms. The highest BCUT2D eigenvalue weighted by atomic mass is 35.5. The van der Waals surface area contributed by atoms with Crippen LogP contribution in [-0.2, 0) is 16.0 Å². The fourth-order valence-electron chi connectivity index (χ4n) is 2.84. The van der Waals surface area contributed by atoms with Gasteiger partial charge in [0.1, 0.15) is 0 Å². The Balaban J connectivity index is 0.00000192. The molecule has 1 aliphatic heterocycles. The quantitative estimate of drug-likeness (QED) is 0.827. The molecule has 0 bridgehead atoms. The van der Waals surface area contributed by atoms with E-state index in [0.717, 1.165) is 37.5 Å². The second-order valence-electron chi connectivity index (χ2n) is 6.13. The summed E-state index contributed by atoms with van der Waals surface area (Å²) in [6.45, 7) is 1.99. The minimum absolute atomic E-state index is 0. The standard InChI is InChI=1S/C17H23N3O2.ClH/c21-16(11-18-10-13-7-8-13)19-12-17(22)20-9-3-5-14-4-1-2-6-15(14)20;/h1-2,4,6,13,18H,3,5,7-12H2,(H,19,21);1H. The molecule has 0 saturated heterocycles. The van der Waals surface area contributed by atoms with E-state index < -0.39 is 0 Å². The largest absolute Gasteiger partial charge is 0.346 e. The summed E-state index contributed by atoms with van der Waals surface area (Å²) in [5.41, 5.74) is 2.19. The lowest BCUT2D eigenvalue weighted by Gasteiger charge is -2.29. The first-order valence-corrected chi connectivity index (χ1v) is 8.10. The monoisotopic (exact) mass is 337 g/mol. The lowest BCUT2D eigenvalue weighted by molar-refractivity contribution is -0.124. The summed E-state index contributed by atoms with van der Waals surface area (Å²) < 4.78 is 0. The topological polar surface area (TPSA) is 61.4 Å². The number of aryl methyl sites for hydroxylation is 1. The highest BCUT2D eigenvalue weighted by Crippen LogP contribution is 2.27. The molecule has 6 heteroatoms. The van der Waals surface area contributed by atoms with Gasteiger partial charge < -0.3 is 15.5 Å². The van der Waals surface area contributed by atoms with E-state index in [1.165, 1.54) is 18.4 Å². The molecule has 126 valence electrons. The molecule has 0 radical (unpaired) electrons. The van der Waals surface area contributed by atoms with Crippen molar-refractivity contribution in [1.82, 2.24) is 10.6 Å². The maximum absolute atomic E-state index is 12.3. The zero-order valence-corrected chi connectivity index (χ0v) is 14.0. The number of amides is 2. The van der Waals surface area contributed by atoms with Crippen molar-refractivity contribution in [3.63, 3.8) is 0 Å². The predicted octanol–water partition coefficient (Wildman–Crippen LogP) is 1.50. The molecule has 3 rings (SSSR count). The van der Waals surface area contributed by atoms with Gasteiger partial charge in [0.05, 0.1) is 13.1 Å². The molecule has 2 N–H and O–H groups in total. The number of carbonyl (C=O) groups is 2. The smallest absolute Gasteiger partial charge is 0.246 e. The highest BCUT2D eigenvalue weighted by molar-refractivity contribution is 5.97. The van der Waals surface area contributed by atoms with Crippen LogP contribution in [0.2, 0.25) is 0 Å². The van der Waals surface area contributed by atoms with Crippen LogP contribution in [0.1, 0.15) is 24.8 Å². The van der Waals surface area contributed by atoms with Crippen molar-refractivity contribution >= 4 is 29.9 Å². The van der Waals surface area contributed by atoms with Gasteiger partial charge in [-0.25, -0.2) is 0 Å². The van der Waals surface area contributed by atoms with Crippen molar-refractivity contribution in [3.8, 4) is 0 Å². The highest BCUT2D eigenvalue weighted by Gasteiger charge is 2.23. The minimum Gasteiger partial charge on any atom is -0.346 e. The summed E-state index contributed by atoms with van der Waals surface area (Å²) in [7, 11) is 0. The third-order valence-corrected chi connectivity index (χ3v) is 4.26. The van der Waals surface area contributed by atoms with Gasteiger partial charge >= 0.3 is 0 Å². The van der Waals surface area contributed by atoms with Gasteiger partial charge in [-0.1, -0.05) is 18.2 Å². The Bertz CT molecular complexity index is 561. The molecule has 1 saturated carbocycles. The molecule has 1 aliphatic carbocycles. The predicted molar refractivity (Wildman–Crippen MR) is 93.0 cm³/mol. The molecule has 23 heavy (non-hydrogen) atoms. The number of carbonyl (C=O) groups excluding carboxylic acids is 2. The third-order valence-electron chi connectivity index (χ3n) is 4.26. The van der Waals surface area contributed by atoms with Gasteiger partial charge in [-0.15, -0.1) is 12.4 Å². The lowest BCUT2D eigenvalue weighted by atomic mass is 10.0. The van der Waals surface area contributed by atoms with Crippen LogP contribution < -0.4 is 15.5 Å². The molecule has 0 aromatic heterocycles.